The summed E-state index contributed by atoms with van der Waals surface area (Å²) in [4.78, 5) is 3.56. The second kappa shape index (κ2) is 27.8. The van der Waals surface area contributed by atoms with Crippen molar-refractivity contribution in [1.29, 1.82) is 0 Å². The van der Waals surface area contributed by atoms with Crippen molar-refractivity contribution in [3.63, 3.8) is 0 Å². The molecule has 17 rings (SSSR count). The van der Waals surface area contributed by atoms with Gasteiger partial charge in [0.1, 0.15) is 19.6 Å². The van der Waals surface area contributed by atoms with E-state index < -0.39 is 126 Å². The normalized spacial score (nSPS) is 15.0. The maximum Gasteiger partial charge on any atom is 0.131 e. The van der Waals surface area contributed by atoms with Gasteiger partial charge in [-0.25, -0.2) is 0 Å². The summed E-state index contributed by atoms with van der Waals surface area (Å²) in [6.45, 7) is 22.8. The summed E-state index contributed by atoms with van der Waals surface area (Å²) in [6.07, 6.45) is 0. The van der Waals surface area contributed by atoms with Gasteiger partial charge in [0.15, 0.2) is 0 Å². The number of rotatable bonds is 13. The van der Waals surface area contributed by atoms with E-state index in [1.807, 2.05) is 245 Å². The molecule has 1 aliphatic heterocycles. The van der Waals surface area contributed by atoms with Crippen LogP contribution in [0.1, 0.15) is 104 Å². The molecule has 15 aromatic carbocycles. The number of ether oxygens (including phenoxy) is 1. The number of hydrogen-bond donors (Lipinski definition) is 0. The van der Waals surface area contributed by atoms with Gasteiger partial charge in [0.05, 0.1) is 58.5 Å². The molecule has 6 bridgehead atoms. The van der Waals surface area contributed by atoms with Crippen molar-refractivity contribution in [3.8, 4) is 95.1 Å². The number of aromatic nitrogens is 1. The van der Waals surface area contributed by atoms with Gasteiger partial charge in [-0.05, 0) is 173 Å². The number of anilines is 6. The van der Waals surface area contributed by atoms with Crippen molar-refractivity contribution >= 4 is 74.4 Å². The predicted molar refractivity (Wildman–Crippen MR) is 468 cm³/mol. The Kier molecular flexibility index (Phi) is 13.2. The van der Waals surface area contributed by atoms with E-state index in [1.165, 1.54) is 6.07 Å². The summed E-state index contributed by atoms with van der Waals surface area (Å²) >= 11 is 0. The lowest BCUT2D eigenvalue weighted by Gasteiger charge is -2.36. The van der Waals surface area contributed by atoms with Crippen LogP contribution in [0.5, 0.6) is 11.5 Å². The fourth-order valence-corrected chi connectivity index (χ4v) is 16.9. The molecule has 1 aromatic heterocycles. The van der Waals surface area contributed by atoms with Crippen LogP contribution in [0.4, 0.5) is 34.1 Å². The Morgan fingerprint density at radius 3 is 1.23 bits per heavy atom. The first-order valence-electron chi connectivity index (χ1n) is 45.9. The largest absolute Gasteiger partial charge is 0.457 e. The second-order valence-corrected chi connectivity index (χ2v) is 35.9. The quantitative estimate of drug-likeness (QED) is 0.107. The molecular weight excluding hydrogens is 1340 g/mol. The van der Waals surface area contributed by atoms with Crippen LogP contribution in [-0.4, -0.2) is 12.6 Å². The fraction of sp³-hybridized carbons (Fsp3) is 0.135. The summed E-state index contributed by atoms with van der Waals surface area (Å²) in [7, 11) is -3.60. The molecule has 1 aliphatic rings. The Bertz CT molecular complexity index is 7060. The van der Waals surface area contributed by atoms with E-state index in [1.54, 1.807) is 15.5 Å². The molecule has 0 aliphatic carbocycles. The van der Waals surface area contributed by atoms with Crippen molar-refractivity contribution in [2.24, 2.45) is 0 Å². The number of hydrogen-bond acceptors (Lipinski definition) is 3. The molecule has 5 heteroatoms. The highest BCUT2D eigenvalue weighted by molar-refractivity contribution is 7.00. The minimum Gasteiger partial charge on any atom is -0.457 e. The Labute approximate surface area is 669 Å². The van der Waals surface area contributed by atoms with Crippen LogP contribution >= 0.6 is 0 Å². The summed E-state index contributed by atoms with van der Waals surface area (Å²) in [5.74, 6) is -0.321. The van der Waals surface area contributed by atoms with Gasteiger partial charge in [-0.15, -0.1) is 0 Å². The van der Waals surface area contributed by atoms with Crippen molar-refractivity contribution < 1.29 is 29.4 Å². The van der Waals surface area contributed by atoms with Crippen molar-refractivity contribution in [1.82, 2.24) is 4.57 Å². The highest BCUT2D eigenvalue weighted by atomic mass is 28.3. The highest BCUT2D eigenvalue weighted by Gasteiger charge is 2.35. The van der Waals surface area contributed by atoms with Gasteiger partial charge in [-0.1, -0.05) is 340 Å². The number of benzene rings is 15. The molecule has 2 heterocycles. The van der Waals surface area contributed by atoms with Gasteiger partial charge < -0.3 is 19.1 Å². The van der Waals surface area contributed by atoms with Gasteiger partial charge in [-0.3, -0.25) is 0 Å². The molecule has 0 radical (unpaired) electrons. The Morgan fingerprint density at radius 1 is 0.312 bits per heavy atom. The zero-order chi connectivity index (χ0) is 90.6. The molecule has 0 fully saturated rings. The Morgan fingerprint density at radius 2 is 0.734 bits per heavy atom. The third kappa shape index (κ3) is 13.4. The second-order valence-electron chi connectivity index (χ2n) is 31.6. The number of nitrogens with zero attached hydrogens (tertiary/aromatic N) is 3. The topological polar surface area (TPSA) is 20.6 Å². The molecule has 0 spiro atoms. The molecule has 109 heavy (non-hydrogen) atoms. The van der Waals surface area contributed by atoms with Crippen molar-refractivity contribution in [3.05, 3.63) is 368 Å². The molecule has 0 unspecified atom stereocenters. The Balaban J connectivity index is 1.14. The van der Waals surface area contributed by atoms with Crippen molar-refractivity contribution in [2.75, 3.05) is 9.80 Å². The lowest BCUT2D eigenvalue weighted by atomic mass is 9.81. The third-order valence-corrected chi connectivity index (χ3v) is 24.0. The van der Waals surface area contributed by atoms with E-state index >= 15 is 0 Å². The van der Waals surface area contributed by atoms with E-state index in [2.05, 4.69) is 65.8 Å². The summed E-state index contributed by atoms with van der Waals surface area (Å²) in [5, 5.41) is 1.24. The van der Waals surface area contributed by atoms with Crippen molar-refractivity contribution in [2.45, 2.75) is 91.7 Å². The molecule has 532 valence electrons. The first kappa shape index (κ1) is 51.9. The maximum atomic E-state index is 11.9. The van der Waals surface area contributed by atoms with Crippen LogP contribution < -0.4 is 24.9 Å². The van der Waals surface area contributed by atoms with Gasteiger partial charge >= 0.3 is 0 Å². The van der Waals surface area contributed by atoms with Gasteiger partial charge in [0.25, 0.3) is 0 Å². The fourth-order valence-electron chi connectivity index (χ4n) is 14.8. The van der Waals surface area contributed by atoms with Crippen LogP contribution in [0, 0.1) is 0 Å². The monoisotopic (exact) mass is 1440 g/mol. The van der Waals surface area contributed by atoms with Crippen LogP contribution in [0.2, 0.25) is 13.1 Å². The summed E-state index contributed by atoms with van der Waals surface area (Å²) < 4.78 is 192. The molecule has 0 saturated carbocycles. The lowest BCUT2D eigenvalue weighted by Crippen LogP contribution is -2.53. The van der Waals surface area contributed by atoms with E-state index in [-0.39, 0.29) is 85.4 Å². The van der Waals surface area contributed by atoms with Gasteiger partial charge in [0.2, 0.25) is 0 Å². The number of para-hydroxylation sites is 1. The smallest absolute Gasteiger partial charge is 0.131 e. The summed E-state index contributed by atoms with van der Waals surface area (Å²) in [5.41, 5.74) is 6.58. The standard InChI is InChI=1S/C104H91N3OSi/c1-102(2,3)79-57-83(105(82-51-35-50-77(54-82)70-36-19-12-20-37-70)100-93(73-42-25-15-26-43-73)59-80(103(4,5)6)60-94(100)74-44-27-16-28-45-74)63-84(58-79)106(101-95(75-46-29-17-30-47-75)61-81(104(7,8)9)62-96(101)76-48-31-18-32-49-76)85-64-86-66-88(65-85)108-87-55-78(71-38-21-13-22-39-71)56-89(67-87)109(10,11)90-68-92(72-40-23-14-24-41-72)99-91-52-33-34-53-97(91)107(86)98(99)69-90/h12-69H,1-11H3/i12D,19D,20D,33D,34D,35D,36D,37D,50D,51D,52D,53D,54D,55D,56D,64D,65D,68D. The van der Waals surface area contributed by atoms with Gasteiger partial charge in [-0.2, -0.15) is 0 Å². The molecule has 4 nitrogen and oxygen atoms in total. The van der Waals surface area contributed by atoms with Crippen LogP contribution in [0.3, 0.4) is 0 Å². The van der Waals surface area contributed by atoms with Gasteiger partial charge in [0, 0.05) is 62.2 Å². The van der Waals surface area contributed by atoms with Crippen LogP contribution in [0.15, 0.2) is 351 Å². The SMILES string of the molecule is [2H]c1c([2H])c([2H])c(-c2c([2H])c([2H])c([2H])c(N(c3cc(N(c4c(-c5ccccc5)cc(C(C)(C)C)cc4-c4ccccc4)c4c([2H])c5cc(c4[2H])-n4c6cc(c([2H])c(-c7ccccc7)c6c6c([2H])c([2H])c([2H])c([2H])c64)[Si](C)(C)c4cc(c([2H])c(-c6ccccc6)c4[2H])O5)cc(C(C)(C)C)c3)c3c(-c4ccccc4)cc(C(C)(C)C)cc3-c3ccccc3)c2[2H])c([2H])c1[2H]. The maximum absolute atomic E-state index is 11.9. The first-order valence-corrected chi connectivity index (χ1v) is 39.9. The van der Waals surface area contributed by atoms with E-state index in [9.17, 15) is 20.6 Å². The zero-order valence-electron chi connectivity index (χ0n) is 80.8. The van der Waals surface area contributed by atoms with E-state index in [0.717, 1.165) is 11.1 Å². The lowest BCUT2D eigenvalue weighted by molar-refractivity contribution is 0.483. The van der Waals surface area contributed by atoms with E-state index in [0.29, 0.717) is 88.5 Å². The molecular formula is C104H91N3OSi. The average Bonchev–Trinajstić information content (AvgIpc) is 1.59. The minimum absolute atomic E-state index is 0.00867. The molecule has 16 aromatic rings. The predicted octanol–water partition coefficient (Wildman–Crippen LogP) is 28.2. The van der Waals surface area contributed by atoms with E-state index in [4.69, 9.17) is 8.85 Å². The summed E-state index contributed by atoms with van der Waals surface area (Å²) in [6, 6.07) is 66.6. The highest BCUT2D eigenvalue weighted by Crippen LogP contribution is 2.55. The molecule has 0 saturated heterocycles. The number of fused-ring (bicyclic) bond motifs is 9. The minimum atomic E-state index is -3.60. The zero-order valence-corrected chi connectivity index (χ0v) is 63.8. The Hall–Kier alpha value is -12.3. The van der Waals surface area contributed by atoms with Crippen LogP contribution in [0.25, 0.3) is 105 Å². The molecule has 0 amide bonds. The third-order valence-electron chi connectivity index (χ3n) is 20.7. The average molecular weight is 1450 g/mol. The van der Waals surface area contributed by atoms with Crippen LogP contribution in [-0.2, 0) is 16.2 Å². The molecule has 0 N–H and O–H groups in total. The molecule has 0 atom stereocenters. The first-order chi connectivity index (χ1) is 60.2.